The second kappa shape index (κ2) is 21.1. The Morgan fingerprint density at radius 2 is 1.44 bits per heavy atom. The molecule has 1 fully saturated rings. The third-order valence-electron chi connectivity index (χ3n) is 9.28. The van der Waals surface area contributed by atoms with E-state index in [-0.39, 0.29) is 24.0 Å². The summed E-state index contributed by atoms with van der Waals surface area (Å²) in [6.07, 6.45) is 4.38. The van der Waals surface area contributed by atoms with Gasteiger partial charge in [-0.1, -0.05) is 120 Å². The monoisotopic (exact) mass is 666 g/mol. The largest absolute Gasteiger partial charge is 0.386 e. The summed E-state index contributed by atoms with van der Waals surface area (Å²) in [6, 6.07) is 0.902. The molecule has 0 bridgehead atoms. The number of likely N-dealkylation sites (tertiary alicyclic amines) is 1. The van der Waals surface area contributed by atoms with Crippen molar-refractivity contribution in [2.24, 2.45) is 23.7 Å². The van der Waals surface area contributed by atoms with Crippen molar-refractivity contribution in [2.75, 3.05) is 32.7 Å². The lowest BCUT2D eigenvalue weighted by Gasteiger charge is -2.37. The fourth-order valence-electron chi connectivity index (χ4n) is 6.35. The molecule has 0 aliphatic carbocycles. The van der Waals surface area contributed by atoms with Crippen molar-refractivity contribution >= 4 is 0 Å². The first-order valence-electron chi connectivity index (χ1n) is 18.5. The molecule has 274 valence electrons. The number of rotatable bonds is 26. The molecule has 1 aliphatic heterocycles. The predicted molar refractivity (Wildman–Crippen MR) is 212 cm³/mol. The van der Waals surface area contributed by atoms with Crippen molar-refractivity contribution < 1.29 is 0 Å². The molecule has 7 nitrogen and oxygen atoms in total. The predicted octanol–water partition coefficient (Wildman–Crippen LogP) is 7.85. The smallest absolute Gasteiger partial charge is 0.0984 e. The first kappa shape index (κ1) is 43.0. The van der Waals surface area contributed by atoms with Gasteiger partial charge in [0.1, 0.15) is 0 Å². The van der Waals surface area contributed by atoms with Gasteiger partial charge in [0.2, 0.25) is 0 Å². The Hall–Kier alpha value is -3.06. The molecule has 5 N–H and O–H groups in total. The van der Waals surface area contributed by atoms with Gasteiger partial charge in [0.25, 0.3) is 0 Å². The number of nitrogens with zero attached hydrogens (tertiary/aromatic N) is 2. The lowest BCUT2D eigenvalue weighted by molar-refractivity contribution is 0.273. The average Bonchev–Trinajstić information content (AvgIpc) is 3.50. The molecule has 3 unspecified atom stereocenters. The van der Waals surface area contributed by atoms with E-state index in [2.05, 4.69) is 145 Å². The molecule has 0 radical (unpaired) electrons. The van der Waals surface area contributed by atoms with Crippen LogP contribution >= 0.6 is 0 Å². The molecule has 0 aromatic heterocycles. The number of unbranched alkanes of at least 4 members (excludes halogenated alkanes) is 1. The van der Waals surface area contributed by atoms with Gasteiger partial charge >= 0.3 is 0 Å². The fraction of sp³-hybridized carbons (Fsp3) is 0.659. The summed E-state index contributed by atoms with van der Waals surface area (Å²) in [7, 11) is 0. The lowest BCUT2D eigenvalue weighted by Crippen LogP contribution is -2.47. The quantitative estimate of drug-likeness (QED) is 0.0604. The minimum Gasteiger partial charge on any atom is -0.386 e. The van der Waals surface area contributed by atoms with Crippen molar-refractivity contribution in [3.63, 3.8) is 0 Å². The molecular weight excluding hydrogens is 591 g/mol. The number of nitrogens with one attached hydrogen (secondary N) is 5. The third kappa shape index (κ3) is 13.8. The normalized spacial score (nSPS) is 16.5. The highest BCUT2D eigenvalue weighted by atomic mass is 15.3. The van der Waals surface area contributed by atoms with Crippen LogP contribution < -0.4 is 26.6 Å². The van der Waals surface area contributed by atoms with Gasteiger partial charge in [-0.2, -0.15) is 0 Å². The standard InChI is InChI=1S/C41H75N7/c1-18-19-22-47(37(17)44-24-27(2)3)35(15)41(30(8)9)46-32(12)25-42-33(13)38(28(4)5)26-43-34(14)39-21-20-23-48(39)36(16)40(29(6)7)45-31(10)11/h28-31,38-46H,2,12-26H2,1,3-11H3/t38-,39?,40?,41?/m0/s1. The summed E-state index contributed by atoms with van der Waals surface area (Å²) in [5.41, 5.74) is 6.20. The summed E-state index contributed by atoms with van der Waals surface area (Å²) < 4.78 is 0. The van der Waals surface area contributed by atoms with Gasteiger partial charge in [0.05, 0.1) is 24.4 Å². The van der Waals surface area contributed by atoms with Gasteiger partial charge in [0.15, 0.2) is 0 Å². The maximum Gasteiger partial charge on any atom is 0.0984 e. The highest BCUT2D eigenvalue weighted by molar-refractivity contribution is 5.19. The van der Waals surface area contributed by atoms with E-state index >= 15 is 0 Å². The van der Waals surface area contributed by atoms with E-state index in [0.29, 0.717) is 36.9 Å². The summed E-state index contributed by atoms with van der Waals surface area (Å²) >= 11 is 0. The van der Waals surface area contributed by atoms with E-state index in [0.717, 1.165) is 79.5 Å². The second-order valence-electron chi connectivity index (χ2n) is 15.2. The van der Waals surface area contributed by atoms with Crippen LogP contribution in [-0.2, 0) is 0 Å². The minimum absolute atomic E-state index is 0.00817. The van der Waals surface area contributed by atoms with Crippen molar-refractivity contribution in [3.05, 3.63) is 85.9 Å². The Balaban J connectivity index is 2.86. The van der Waals surface area contributed by atoms with E-state index in [1.165, 1.54) is 5.70 Å². The van der Waals surface area contributed by atoms with Crippen molar-refractivity contribution in [2.45, 2.75) is 119 Å². The number of hydrogen-bond donors (Lipinski definition) is 5. The van der Waals surface area contributed by atoms with Gasteiger partial charge in [-0.25, -0.2) is 0 Å². The van der Waals surface area contributed by atoms with Gasteiger partial charge in [-0.3, -0.25) is 0 Å². The van der Waals surface area contributed by atoms with Crippen molar-refractivity contribution in [3.8, 4) is 0 Å². The van der Waals surface area contributed by atoms with Crippen LogP contribution in [0.25, 0.3) is 0 Å². The average molecular weight is 666 g/mol. The van der Waals surface area contributed by atoms with Crippen LogP contribution in [-0.4, -0.2) is 66.7 Å². The summed E-state index contributed by atoms with van der Waals surface area (Å²) in [4.78, 5) is 4.68. The molecule has 1 heterocycles. The summed E-state index contributed by atoms with van der Waals surface area (Å²) in [6.45, 7) is 56.8. The van der Waals surface area contributed by atoms with E-state index in [4.69, 9.17) is 0 Å². The molecule has 1 saturated heterocycles. The Labute approximate surface area is 297 Å². The molecule has 1 aliphatic rings. The van der Waals surface area contributed by atoms with Crippen LogP contribution in [0.3, 0.4) is 0 Å². The molecule has 0 spiro atoms. The van der Waals surface area contributed by atoms with Crippen LogP contribution in [0.4, 0.5) is 0 Å². The van der Waals surface area contributed by atoms with E-state index in [1.54, 1.807) is 0 Å². The minimum atomic E-state index is 0.00817. The highest BCUT2D eigenvalue weighted by Gasteiger charge is 2.32. The molecule has 1 rings (SSSR count). The number of hydrogen-bond acceptors (Lipinski definition) is 7. The van der Waals surface area contributed by atoms with Crippen LogP contribution in [0.5, 0.6) is 0 Å². The maximum absolute atomic E-state index is 4.56. The lowest BCUT2D eigenvalue weighted by atomic mass is 9.92. The van der Waals surface area contributed by atoms with E-state index in [9.17, 15) is 0 Å². The maximum atomic E-state index is 4.56. The first-order chi connectivity index (χ1) is 22.4. The fourth-order valence-corrected chi connectivity index (χ4v) is 6.35. The molecule has 48 heavy (non-hydrogen) atoms. The Kier molecular flexibility index (Phi) is 18.9. The Morgan fingerprint density at radius 1 is 0.812 bits per heavy atom. The van der Waals surface area contributed by atoms with Crippen LogP contribution in [0, 0.1) is 23.7 Å². The Morgan fingerprint density at radius 3 is 1.96 bits per heavy atom. The van der Waals surface area contributed by atoms with Gasteiger partial charge in [0, 0.05) is 72.7 Å². The third-order valence-corrected chi connectivity index (χ3v) is 9.28. The Bertz CT molecular complexity index is 1100. The molecule has 0 aromatic rings. The van der Waals surface area contributed by atoms with Gasteiger partial charge < -0.3 is 36.4 Å². The SMILES string of the molecule is C=C(C)CNC(=C)N(CCCC)C(=C)C(NC(=C)CNC(=C)[C@@H](CNC(=C)C1CCCN1C(=C)C(NC(C)C)C(C)C)C(C)C)C(C)C. The molecule has 0 amide bonds. The molecule has 0 saturated carbocycles. The van der Waals surface area contributed by atoms with Crippen LogP contribution in [0.15, 0.2) is 85.9 Å². The van der Waals surface area contributed by atoms with E-state index in [1.807, 2.05) is 6.92 Å². The topological polar surface area (TPSA) is 66.6 Å². The van der Waals surface area contributed by atoms with Gasteiger partial charge in [-0.05, 0) is 43.9 Å². The zero-order chi connectivity index (χ0) is 36.7. The first-order valence-corrected chi connectivity index (χ1v) is 18.5. The zero-order valence-corrected chi connectivity index (χ0v) is 32.8. The van der Waals surface area contributed by atoms with Gasteiger partial charge in [-0.15, -0.1) is 0 Å². The molecular formula is C41H75N7. The van der Waals surface area contributed by atoms with Crippen LogP contribution in [0.1, 0.15) is 94.9 Å². The molecule has 4 atom stereocenters. The zero-order valence-electron chi connectivity index (χ0n) is 32.8. The summed E-state index contributed by atoms with van der Waals surface area (Å²) in [5.74, 6) is 2.24. The van der Waals surface area contributed by atoms with Crippen molar-refractivity contribution in [1.82, 2.24) is 36.4 Å². The highest BCUT2D eigenvalue weighted by Crippen LogP contribution is 2.29. The van der Waals surface area contributed by atoms with Crippen molar-refractivity contribution in [1.29, 1.82) is 0 Å². The molecule has 0 aromatic carbocycles. The van der Waals surface area contributed by atoms with E-state index < -0.39 is 0 Å². The second-order valence-corrected chi connectivity index (χ2v) is 15.2. The van der Waals surface area contributed by atoms with Crippen LogP contribution in [0.2, 0.25) is 0 Å². The summed E-state index contributed by atoms with van der Waals surface area (Å²) in [5, 5.41) is 18.1. The molecule has 7 heteroatoms.